The fourth-order valence-electron chi connectivity index (χ4n) is 3.73. The summed E-state index contributed by atoms with van der Waals surface area (Å²) in [7, 11) is 1.78. The van der Waals surface area contributed by atoms with E-state index < -0.39 is 0 Å². The number of nitrogens with one attached hydrogen (secondary N) is 1. The summed E-state index contributed by atoms with van der Waals surface area (Å²) in [5.74, 6) is 0.609. The van der Waals surface area contributed by atoms with E-state index in [-0.39, 0.29) is 17.4 Å². The van der Waals surface area contributed by atoms with Crippen molar-refractivity contribution in [3.63, 3.8) is 0 Å². The lowest BCUT2D eigenvalue weighted by Gasteiger charge is -2.27. The van der Waals surface area contributed by atoms with Gasteiger partial charge in [0.2, 0.25) is 5.91 Å². The Morgan fingerprint density at radius 3 is 2.73 bits per heavy atom. The molecule has 5 nitrogen and oxygen atoms in total. The number of nitrogens with zero attached hydrogens (tertiary/aromatic N) is 2. The molecule has 1 amide bonds. The second-order valence-corrected chi connectivity index (χ2v) is 6.93. The van der Waals surface area contributed by atoms with Crippen LogP contribution >= 0.6 is 0 Å². The number of benzene rings is 2. The van der Waals surface area contributed by atoms with Crippen molar-refractivity contribution in [1.82, 2.24) is 14.9 Å². The van der Waals surface area contributed by atoms with Crippen molar-refractivity contribution in [2.24, 2.45) is 5.92 Å². The molecule has 5 heteroatoms. The molecule has 132 valence electrons. The molecule has 2 aromatic carbocycles. The van der Waals surface area contributed by atoms with Crippen LogP contribution in [0.15, 0.2) is 53.3 Å². The predicted molar refractivity (Wildman–Crippen MR) is 101 cm³/mol. The summed E-state index contributed by atoms with van der Waals surface area (Å²) < 4.78 is 0. The zero-order valence-electron chi connectivity index (χ0n) is 14.7. The number of para-hydroxylation sites is 1. The molecule has 0 fully saturated rings. The third-order valence-corrected chi connectivity index (χ3v) is 5.12. The van der Waals surface area contributed by atoms with Crippen LogP contribution in [-0.2, 0) is 24.2 Å². The van der Waals surface area contributed by atoms with Gasteiger partial charge in [-0.1, -0.05) is 36.4 Å². The lowest BCUT2D eigenvalue weighted by Crippen LogP contribution is -2.36. The minimum Gasteiger partial charge on any atom is -0.338 e. The molecule has 1 heterocycles. The van der Waals surface area contributed by atoms with Gasteiger partial charge >= 0.3 is 0 Å². The number of fused-ring (bicyclic) bond motifs is 2. The quantitative estimate of drug-likeness (QED) is 0.792. The third kappa shape index (κ3) is 3.12. The van der Waals surface area contributed by atoms with Crippen molar-refractivity contribution >= 4 is 16.8 Å². The first-order valence-electron chi connectivity index (χ1n) is 8.91. The van der Waals surface area contributed by atoms with Crippen molar-refractivity contribution < 1.29 is 4.79 Å². The van der Waals surface area contributed by atoms with Crippen LogP contribution in [0, 0.1) is 5.92 Å². The van der Waals surface area contributed by atoms with Gasteiger partial charge < -0.3 is 9.88 Å². The number of amides is 1. The number of aryl methyl sites for hydroxylation is 1. The van der Waals surface area contributed by atoms with Gasteiger partial charge in [-0.15, -0.1) is 0 Å². The first-order valence-corrected chi connectivity index (χ1v) is 8.91. The number of hydrogen-bond acceptors (Lipinski definition) is 3. The fourth-order valence-corrected chi connectivity index (χ4v) is 3.73. The van der Waals surface area contributed by atoms with Crippen LogP contribution < -0.4 is 5.56 Å². The molecular weight excluding hydrogens is 326 g/mol. The number of hydrogen-bond donors (Lipinski definition) is 1. The summed E-state index contributed by atoms with van der Waals surface area (Å²) in [6, 6.07) is 15.6. The number of rotatable bonds is 3. The summed E-state index contributed by atoms with van der Waals surface area (Å²) in [6.07, 6.45) is 2.58. The van der Waals surface area contributed by atoms with Crippen LogP contribution in [0.4, 0.5) is 0 Å². The van der Waals surface area contributed by atoms with Crippen LogP contribution in [0.5, 0.6) is 0 Å². The van der Waals surface area contributed by atoms with Crippen LogP contribution in [0.2, 0.25) is 0 Å². The average molecular weight is 347 g/mol. The minimum absolute atomic E-state index is 0.0120. The average Bonchev–Trinajstić information content (AvgIpc) is 2.67. The van der Waals surface area contributed by atoms with E-state index in [1.165, 1.54) is 11.1 Å². The third-order valence-electron chi connectivity index (χ3n) is 5.12. The Morgan fingerprint density at radius 2 is 1.88 bits per heavy atom. The molecule has 1 aromatic heterocycles. The van der Waals surface area contributed by atoms with Crippen molar-refractivity contribution in [2.75, 3.05) is 7.05 Å². The maximum Gasteiger partial charge on any atom is 0.258 e. The molecule has 0 unspecified atom stereocenters. The zero-order chi connectivity index (χ0) is 18.1. The first-order chi connectivity index (χ1) is 12.6. The maximum atomic E-state index is 12.9. The van der Waals surface area contributed by atoms with Crippen LogP contribution in [-0.4, -0.2) is 27.8 Å². The lowest BCUT2D eigenvalue weighted by molar-refractivity contribution is -0.135. The second-order valence-electron chi connectivity index (χ2n) is 6.93. The number of H-pyrrole nitrogens is 1. The van der Waals surface area contributed by atoms with E-state index in [1.807, 2.05) is 24.3 Å². The molecule has 0 saturated carbocycles. The highest BCUT2D eigenvalue weighted by Gasteiger charge is 2.27. The summed E-state index contributed by atoms with van der Waals surface area (Å²) >= 11 is 0. The Morgan fingerprint density at radius 1 is 1.15 bits per heavy atom. The number of carbonyl (C=O) groups excluding carboxylic acids is 1. The van der Waals surface area contributed by atoms with Crippen LogP contribution in [0.3, 0.4) is 0 Å². The van der Waals surface area contributed by atoms with E-state index in [1.54, 1.807) is 18.0 Å². The molecule has 1 atom stereocenters. The SMILES string of the molecule is CN(Cc1nc2ccccc2c(=O)[nH]1)C(=O)[C@H]1CCc2ccccc2C1. The van der Waals surface area contributed by atoms with Gasteiger partial charge in [0.05, 0.1) is 17.4 Å². The molecular formula is C21H21N3O2. The number of aromatic amines is 1. The highest BCUT2D eigenvalue weighted by molar-refractivity contribution is 5.79. The highest BCUT2D eigenvalue weighted by Crippen LogP contribution is 2.26. The Balaban J connectivity index is 1.51. The van der Waals surface area contributed by atoms with E-state index in [0.717, 1.165) is 19.3 Å². The molecule has 26 heavy (non-hydrogen) atoms. The predicted octanol–water partition coefficient (Wildman–Crippen LogP) is 2.69. The number of aromatic nitrogens is 2. The molecule has 1 aliphatic carbocycles. The van der Waals surface area contributed by atoms with Gasteiger partial charge in [-0.05, 0) is 42.5 Å². The Hall–Kier alpha value is -2.95. The van der Waals surface area contributed by atoms with Crippen LogP contribution in [0.25, 0.3) is 10.9 Å². The normalized spacial score (nSPS) is 16.3. The molecule has 1 aliphatic rings. The van der Waals surface area contributed by atoms with E-state index in [2.05, 4.69) is 28.2 Å². The Bertz CT molecular complexity index is 1020. The first kappa shape index (κ1) is 16.5. The molecule has 3 aromatic rings. The van der Waals surface area contributed by atoms with Gasteiger partial charge in [-0.2, -0.15) is 0 Å². The molecule has 0 bridgehead atoms. The standard InChI is InChI=1S/C21H21N3O2/c1-24(13-19-22-18-9-5-4-8-17(18)20(25)23-19)21(26)16-11-10-14-6-2-3-7-15(14)12-16/h2-9,16H,10-13H2,1H3,(H,22,23,25)/t16-/m0/s1. The monoisotopic (exact) mass is 347 g/mol. The van der Waals surface area contributed by atoms with Crippen molar-refractivity contribution in [3.8, 4) is 0 Å². The summed E-state index contributed by atoms with van der Waals surface area (Å²) in [5.41, 5.74) is 3.10. The maximum absolute atomic E-state index is 12.9. The molecule has 0 aliphatic heterocycles. The van der Waals surface area contributed by atoms with Crippen molar-refractivity contribution in [3.05, 3.63) is 75.8 Å². The second kappa shape index (κ2) is 6.75. The van der Waals surface area contributed by atoms with Gasteiger partial charge in [-0.25, -0.2) is 4.98 Å². The number of carbonyl (C=O) groups is 1. The highest BCUT2D eigenvalue weighted by atomic mass is 16.2. The van der Waals surface area contributed by atoms with Crippen LogP contribution in [0.1, 0.15) is 23.4 Å². The van der Waals surface area contributed by atoms with E-state index in [0.29, 0.717) is 23.3 Å². The molecule has 0 spiro atoms. The summed E-state index contributed by atoms with van der Waals surface area (Å²) in [4.78, 5) is 34.0. The van der Waals surface area contributed by atoms with E-state index in [9.17, 15) is 9.59 Å². The molecule has 0 saturated heterocycles. The Kier molecular flexibility index (Phi) is 4.29. The smallest absolute Gasteiger partial charge is 0.258 e. The van der Waals surface area contributed by atoms with Gasteiger partial charge in [0.1, 0.15) is 5.82 Å². The summed E-state index contributed by atoms with van der Waals surface area (Å²) in [5, 5.41) is 0.564. The minimum atomic E-state index is -0.168. The fraction of sp³-hybridized carbons (Fsp3) is 0.286. The molecule has 4 rings (SSSR count). The topological polar surface area (TPSA) is 66.1 Å². The largest absolute Gasteiger partial charge is 0.338 e. The van der Waals surface area contributed by atoms with Crippen molar-refractivity contribution in [2.45, 2.75) is 25.8 Å². The van der Waals surface area contributed by atoms with Gasteiger partial charge in [-0.3, -0.25) is 9.59 Å². The summed E-state index contributed by atoms with van der Waals surface area (Å²) in [6.45, 7) is 0.303. The Labute approximate surface area is 151 Å². The van der Waals surface area contributed by atoms with E-state index >= 15 is 0 Å². The van der Waals surface area contributed by atoms with Gasteiger partial charge in [0.25, 0.3) is 5.56 Å². The van der Waals surface area contributed by atoms with Crippen molar-refractivity contribution in [1.29, 1.82) is 0 Å². The van der Waals surface area contributed by atoms with Gasteiger partial charge in [0.15, 0.2) is 0 Å². The lowest BCUT2D eigenvalue weighted by atomic mass is 9.83. The van der Waals surface area contributed by atoms with Gasteiger partial charge in [0, 0.05) is 13.0 Å². The zero-order valence-corrected chi connectivity index (χ0v) is 14.7. The molecule has 1 N–H and O–H groups in total. The van der Waals surface area contributed by atoms with E-state index in [4.69, 9.17) is 0 Å². The molecule has 0 radical (unpaired) electrons.